The van der Waals surface area contributed by atoms with Crippen molar-refractivity contribution in [1.82, 2.24) is 5.32 Å². The number of anilines is 3. The highest BCUT2D eigenvalue weighted by Crippen LogP contribution is 2.29. The summed E-state index contributed by atoms with van der Waals surface area (Å²) < 4.78 is 5.64. The van der Waals surface area contributed by atoms with Gasteiger partial charge in [-0.2, -0.15) is 0 Å². The Labute approximate surface area is 210 Å². The Bertz CT molecular complexity index is 1030. The number of benzene rings is 2. The third-order valence-electron chi connectivity index (χ3n) is 6.32. The molecule has 2 heterocycles. The lowest BCUT2D eigenvalue weighted by Gasteiger charge is -2.33. The van der Waals surface area contributed by atoms with Crippen LogP contribution in [-0.2, 0) is 4.74 Å². The number of ether oxygens (including phenoxy) is 1. The van der Waals surface area contributed by atoms with Crippen LogP contribution in [0.5, 0.6) is 0 Å². The molecular formula is C25H30Cl2N4O3. The van der Waals surface area contributed by atoms with Crippen LogP contribution in [0.3, 0.4) is 0 Å². The molecule has 2 aliphatic rings. The van der Waals surface area contributed by atoms with Crippen molar-refractivity contribution in [2.75, 3.05) is 41.8 Å². The molecule has 2 saturated heterocycles. The van der Waals surface area contributed by atoms with E-state index in [1.54, 1.807) is 24.3 Å². The average Bonchev–Trinajstić information content (AvgIpc) is 3.34. The van der Waals surface area contributed by atoms with Crippen LogP contribution in [0.2, 0.25) is 10.0 Å². The van der Waals surface area contributed by atoms with Crippen LogP contribution in [0.1, 0.15) is 43.0 Å². The zero-order chi connectivity index (χ0) is 24.1. The molecule has 0 radical (unpaired) electrons. The van der Waals surface area contributed by atoms with Gasteiger partial charge in [-0.05, 0) is 68.0 Å². The summed E-state index contributed by atoms with van der Waals surface area (Å²) in [6, 6.07) is 9.87. The first-order valence-corrected chi connectivity index (χ1v) is 12.5. The molecular weight excluding hydrogens is 475 g/mol. The molecule has 1 atom stereocenters. The van der Waals surface area contributed by atoms with E-state index in [1.165, 1.54) is 0 Å². The molecule has 7 nitrogen and oxygen atoms in total. The van der Waals surface area contributed by atoms with Gasteiger partial charge in [0.25, 0.3) is 5.91 Å². The van der Waals surface area contributed by atoms with Gasteiger partial charge in [0, 0.05) is 43.3 Å². The number of rotatable bonds is 6. The number of carbonyl (C=O) groups is 2. The lowest BCUT2D eigenvalue weighted by molar-refractivity contribution is 0.0858. The molecule has 0 unspecified atom stereocenters. The van der Waals surface area contributed by atoms with E-state index < -0.39 is 6.03 Å². The number of piperidine rings is 1. The Morgan fingerprint density at radius 1 is 1.00 bits per heavy atom. The Morgan fingerprint density at radius 3 is 2.38 bits per heavy atom. The second kappa shape index (κ2) is 11.3. The highest BCUT2D eigenvalue weighted by atomic mass is 35.5. The Balaban J connectivity index is 1.49. The molecule has 3 N–H and O–H groups in total. The molecule has 4 rings (SSSR count). The fourth-order valence-electron chi connectivity index (χ4n) is 4.30. The number of carbonyl (C=O) groups excluding carboxylic acids is 2. The molecule has 9 heteroatoms. The molecule has 0 aromatic heterocycles. The van der Waals surface area contributed by atoms with E-state index in [4.69, 9.17) is 27.9 Å². The number of amides is 3. The van der Waals surface area contributed by atoms with E-state index in [2.05, 4.69) is 27.8 Å². The van der Waals surface area contributed by atoms with Crippen molar-refractivity contribution in [3.05, 3.63) is 52.0 Å². The number of hydrogen-bond donors (Lipinski definition) is 3. The minimum absolute atomic E-state index is 0.0570. The van der Waals surface area contributed by atoms with Crippen molar-refractivity contribution in [2.45, 2.75) is 38.7 Å². The predicted octanol–water partition coefficient (Wildman–Crippen LogP) is 5.78. The monoisotopic (exact) mass is 504 g/mol. The zero-order valence-electron chi connectivity index (χ0n) is 19.2. The summed E-state index contributed by atoms with van der Waals surface area (Å²) in [6.45, 7) is 5.28. The van der Waals surface area contributed by atoms with Gasteiger partial charge in [-0.3, -0.25) is 4.79 Å². The summed E-state index contributed by atoms with van der Waals surface area (Å²) in [5.41, 5.74) is 2.46. The molecule has 0 spiro atoms. The van der Waals surface area contributed by atoms with Gasteiger partial charge in [-0.25, -0.2) is 4.79 Å². The van der Waals surface area contributed by atoms with Gasteiger partial charge < -0.3 is 25.6 Å². The third-order valence-corrected chi connectivity index (χ3v) is 7.05. The van der Waals surface area contributed by atoms with Crippen LogP contribution in [0, 0.1) is 5.92 Å². The highest BCUT2D eigenvalue weighted by molar-refractivity contribution is 6.42. The summed E-state index contributed by atoms with van der Waals surface area (Å²) in [6.07, 6.45) is 4.20. The van der Waals surface area contributed by atoms with Gasteiger partial charge in [0.1, 0.15) is 0 Å². The Kier molecular flexibility index (Phi) is 8.19. The first-order valence-electron chi connectivity index (χ1n) is 11.7. The van der Waals surface area contributed by atoms with Crippen molar-refractivity contribution >= 4 is 52.2 Å². The quantitative estimate of drug-likeness (QED) is 0.465. The summed E-state index contributed by atoms with van der Waals surface area (Å²) in [7, 11) is 0. The third kappa shape index (κ3) is 6.34. The van der Waals surface area contributed by atoms with Crippen molar-refractivity contribution in [3.63, 3.8) is 0 Å². The lowest BCUT2D eigenvalue weighted by atomic mass is 9.97. The minimum atomic E-state index is -0.441. The van der Waals surface area contributed by atoms with Crippen LogP contribution < -0.4 is 20.9 Å². The van der Waals surface area contributed by atoms with Gasteiger partial charge in [0.05, 0.1) is 21.7 Å². The second-order valence-electron chi connectivity index (χ2n) is 8.95. The number of halogens is 2. The van der Waals surface area contributed by atoms with Gasteiger partial charge in [0.15, 0.2) is 0 Å². The smallest absolute Gasteiger partial charge is 0.323 e. The largest absolute Gasteiger partial charge is 0.376 e. The van der Waals surface area contributed by atoms with E-state index in [-0.39, 0.29) is 12.0 Å². The molecule has 2 fully saturated rings. The number of nitrogens with zero attached hydrogens (tertiary/aromatic N) is 1. The van der Waals surface area contributed by atoms with E-state index in [0.29, 0.717) is 39.4 Å². The maximum Gasteiger partial charge on any atom is 0.323 e. The van der Waals surface area contributed by atoms with Crippen molar-refractivity contribution in [2.24, 2.45) is 5.92 Å². The summed E-state index contributed by atoms with van der Waals surface area (Å²) in [4.78, 5) is 28.0. The van der Waals surface area contributed by atoms with E-state index >= 15 is 0 Å². The zero-order valence-corrected chi connectivity index (χ0v) is 20.7. The number of nitrogens with one attached hydrogen (secondary N) is 3. The molecule has 34 heavy (non-hydrogen) atoms. The maximum atomic E-state index is 13.2. The van der Waals surface area contributed by atoms with Crippen LogP contribution >= 0.6 is 23.2 Å². The van der Waals surface area contributed by atoms with E-state index in [1.807, 2.05) is 12.1 Å². The summed E-state index contributed by atoms with van der Waals surface area (Å²) >= 11 is 12.0. The fourth-order valence-corrected chi connectivity index (χ4v) is 4.59. The van der Waals surface area contributed by atoms with Crippen molar-refractivity contribution in [1.29, 1.82) is 0 Å². The minimum Gasteiger partial charge on any atom is -0.376 e. The molecule has 0 aliphatic carbocycles. The summed E-state index contributed by atoms with van der Waals surface area (Å²) in [5, 5.41) is 9.31. The van der Waals surface area contributed by atoms with E-state index in [0.717, 1.165) is 51.1 Å². The Hall–Kier alpha value is -2.48. The van der Waals surface area contributed by atoms with Gasteiger partial charge >= 0.3 is 6.03 Å². The molecule has 2 aromatic rings. The molecule has 2 aromatic carbocycles. The average molecular weight is 505 g/mol. The molecule has 2 aliphatic heterocycles. The van der Waals surface area contributed by atoms with Gasteiger partial charge in [-0.1, -0.05) is 30.1 Å². The van der Waals surface area contributed by atoms with Crippen LogP contribution in [0.4, 0.5) is 21.9 Å². The molecule has 182 valence electrons. The SMILES string of the molecule is CC1CCN(c2ccc(NC(=O)Nc3ccc(Cl)c(Cl)c3)cc2C(=O)NC[C@@H]2CCCO2)CC1. The number of urea groups is 1. The standard InChI is InChI=1S/C25H30Cl2N4O3/c1-16-8-10-31(11-9-16)23-7-5-17(13-20(23)24(32)28-15-19-3-2-12-34-19)29-25(33)30-18-4-6-21(26)22(27)14-18/h4-7,13-14,16,19H,2-3,8-12,15H2,1H3,(H,28,32)(H2,29,30,33)/t19-/m0/s1. The van der Waals surface area contributed by atoms with Crippen LogP contribution in [0.25, 0.3) is 0 Å². The van der Waals surface area contributed by atoms with Crippen LogP contribution in [-0.4, -0.2) is 44.3 Å². The first kappa shape index (κ1) is 24.6. The lowest BCUT2D eigenvalue weighted by Crippen LogP contribution is -2.36. The molecule has 0 saturated carbocycles. The first-order chi connectivity index (χ1) is 16.4. The van der Waals surface area contributed by atoms with Crippen LogP contribution in [0.15, 0.2) is 36.4 Å². The van der Waals surface area contributed by atoms with E-state index in [9.17, 15) is 9.59 Å². The maximum absolute atomic E-state index is 13.2. The van der Waals surface area contributed by atoms with Crippen molar-refractivity contribution in [3.8, 4) is 0 Å². The van der Waals surface area contributed by atoms with Gasteiger partial charge in [-0.15, -0.1) is 0 Å². The normalized spacial score (nSPS) is 18.6. The number of hydrogen-bond acceptors (Lipinski definition) is 4. The molecule has 0 bridgehead atoms. The fraction of sp³-hybridized carbons (Fsp3) is 0.440. The topological polar surface area (TPSA) is 82.7 Å². The second-order valence-corrected chi connectivity index (χ2v) is 9.77. The molecule has 3 amide bonds. The van der Waals surface area contributed by atoms with Crippen molar-refractivity contribution < 1.29 is 14.3 Å². The Morgan fingerprint density at radius 2 is 1.71 bits per heavy atom. The predicted molar refractivity (Wildman–Crippen MR) is 137 cm³/mol. The summed E-state index contributed by atoms with van der Waals surface area (Å²) in [5.74, 6) is 0.511. The van der Waals surface area contributed by atoms with Gasteiger partial charge in [0.2, 0.25) is 0 Å². The highest BCUT2D eigenvalue weighted by Gasteiger charge is 2.23.